The summed E-state index contributed by atoms with van der Waals surface area (Å²) in [5.41, 5.74) is 3.58. The second kappa shape index (κ2) is 7.49. The van der Waals surface area contributed by atoms with Crippen molar-refractivity contribution in [2.75, 3.05) is 0 Å². The highest BCUT2D eigenvalue weighted by atomic mass is 14.5. The fourth-order valence-electron chi connectivity index (χ4n) is 4.56. The van der Waals surface area contributed by atoms with Gasteiger partial charge in [-0.1, -0.05) is 83.9 Å². The molecule has 2 aliphatic rings. The van der Waals surface area contributed by atoms with Crippen molar-refractivity contribution in [3.8, 4) is 0 Å². The number of hydrogen-bond acceptors (Lipinski definition) is 0. The lowest BCUT2D eigenvalue weighted by molar-refractivity contribution is 0.0711. The van der Waals surface area contributed by atoms with E-state index in [2.05, 4.69) is 57.2 Å². The molecule has 0 aromatic heterocycles. The van der Waals surface area contributed by atoms with Crippen LogP contribution in [0.1, 0.15) is 83.8 Å². The van der Waals surface area contributed by atoms with Gasteiger partial charge in [0, 0.05) is 0 Å². The highest BCUT2D eigenvalue weighted by molar-refractivity contribution is 5.58. The molecule has 2 aliphatic carbocycles. The first-order valence-corrected chi connectivity index (χ1v) is 9.40. The first-order chi connectivity index (χ1) is 10.6. The summed E-state index contributed by atoms with van der Waals surface area (Å²) >= 11 is 0. The van der Waals surface area contributed by atoms with Crippen LogP contribution in [0.5, 0.6) is 0 Å². The van der Waals surface area contributed by atoms with E-state index in [1.807, 2.05) is 13.8 Å². The van der Waals surface area contributed by atoms with Crippen molar-refractivity contribution in [3.05, 3.63) is 41.5 Å². The molecular formula is C22H34. The summed E-state index contributed by atoms with van der Waals surface area (Å²) in [7, 11) is 0. The number of benzene rings is 1. The standard InChI is InChI=1S/C20H28.C2H6/c1-4-5-10-19-18-12-11-15-8-6-7-9-16(15)17(18)13-14-20(19,2)3;1-2/h6-9,11-12,17-19H,4-5,10,13-14H2,1-3H3;1-2H3/t17-,18-,19+;/m0./s1. The van der Waals surface area contributed by atoms with Crippen molar-refractivity contribution in [1.82, 2.24) is 0 Å². The quantitative estimate of drug-likeness (QED) is 0.560. The van der Waals surface area contributed by atoms with E-state index in [0.29, 0.717) is 5.41 Å². The molecule has 0 saturated heterocycles. The average Bonchev–Trinajstić information content (AvgIpc) is 2.55. The van der Waals surface area contributed by atoms with Gasteiger partial charge in [0.05, 0.1) is 0 Å². The maximum Gasteiger partial charge on any atom is -0.00899 e. The molecule has 3 rings (SSSR count). The van der Waals surface area contributed by atoms with Gasteiger partial charge in [-0.3, -0.25) is 0 Å². The minimum atomic E-state index is 0.507. The van der Waals surface area contributed by atoms with Crippen molar-refractivity contribution >= 4 is 6.08 Å². The second-order valence-corrected chi connectivity index (χ2v) is 7.45. The summed E-state index contributed by atoms with van der Waals surface area (Å²) in [6.07, 6.45) is 11.8. The molecule has 0 heterocycles. The molecule has 1 aromatic carbocycles. The monoisotopic (exact) mass is 298 g/mol. The Morgan fingerprint density at radius 2 is 1.86 bits per heavy atom. The highest BCUT2D eigenvalue weighted by Crippen LogP contribution is 2.54. The Morgan fingerprint density at radius 3 is 2.59 bits per heavy atom. The van der Waals surface area contributed by atoms with Gasteiger partial charge in [0.25, 0.3) is 0 Å². The van der Waals surface area contributed by atoms with Crippen LogP contribution in [-0.4, -0.2) is 0 Å². The first kappa shape index (κ1) is 17.3. The predicted molar refractivity (Wildman–Crippen MR) is 99.1 cm³/mol. The van der Waals surface area contributed by atoms with Gasteiger partial charge in [0.2, 0.25) is 0 Å². The molecule has 1 aromatic rings. The van der Waals surface area contributed by atoms with Crippen molar-refractivity contribution in [3.63, 3.8) is 0 Å². The lowest BCUT2D eigenvalue weighted by atomic mass is 9.56. The number of unbranched alkanes of at least 4 members (excludes halogenated alkanes) is 1. The zero-order chi connectivity index (χ0) is 16.2. The molecule has 0 nitrogen and oxygen atoms in total. The van der Waals surface area contributed by atoms with Crippen LogP contribution >= 0.6 is 0 Å². The molecule has 0 unspecified atom stereocenters. The van der Waals surface area contributed by atoms with Crippen LogP contribution in [0.25, 0.3) is 6.08 Å². The Kier molecular flexibility index (Phi) is 5.89. The van der Waals surface area contributed by atoms with Gasteiger partial charge < -0.3 is 0 Å². The fraction of sp³-hybridized carbons (Fsp3) is 0.636. The van der Waals surface area contributed by atoms with Crippen LogP contribution < -0.4 is 0 Å². The Balaban J connectivity index is 0.000000847. The van der Waals surface area contributed by atoms with Gasteiger partial charge in [-0.2, -0.15) is 0 Å². The maximum atomic E-state index is 2.54. The summed E-state index contributed by atoms with van der Waals surface area (Å²) in [5, 5.41) is 0. The van der Waals surface area contributed by atoms with Crippen LogP contribution in [0.2, 0.25) is 0 Å². The molecule has 0 aliphatic heterocycles. The molecule has 1 saturated carbocycles. The van der Waals surface area contributed by atoms with Gasteiger partial charge in [-0.05, 0) is 53.6 Å². The normalized spacial score (nSPS) is 28.1. The predicted octanol–water partition coefficient (Wildman–Crippen LogP) is 7.07. The van der Waals surface area contributed by atoms with Crippen molar-refractivity contribution in [1.29, 1.82) is 0 Å². The molecule has 0 radical (unpaired) electrons. The van der Waals surface area contributed by atoms with Gasteiger partial charge in [-0.15, -0.1) is 0 Å². The zero-order valence-corrected chi connectivity index (χ0v) is 15.2. The van der Waals surface area contributed by atoms with E-state index >= 15 is 0 Å². The van der Waals surface area contributed by atoms with E-state index in [1.54, 1.807) is 5.56 Å². The summed E-state index contributed by atoms with van der Waals surface area (Å²) in [5.74, 6) is 2.39. The molecule has 22 heavy (non-hydrogen) atoms. The Morgan fingerprint density at radius 1 is 1.14 bits per heavy atom. The number of hydrogen-bond donors (Lipinski definition) is 0. The topological polar surface area (TPSA) is 0 Å². The molecule has 0 N–H and O–H groups in total. The highest BCUT2D eigenvalue weighted by Gasteiger charge is 2.43. The molecule has 1 fully saturated rings. The molecular weight excluding hydrogens is 264 g/mol. The second-order valence-electron chi connectivity index (χ2n) is 7.45. The number of fused-ring (bicyclic) bond motifs is 3. The summed E-state index contributed by atoms with van der Waals surface area (Å²) in [6.45, 7) is 11.3. The molecule has 0 amide bonds. The minimum Gasteiger partial charge on any atom is -0.0799 e. The van der Waals surface area contributed by atoms with E-state index in [1.165, 1.54) is 37.7 Å². The van der Waals surface area contributed by atoms with Crippen LogP contribution in [0, 0.1) is 17.3 Å². The summed E-state index contributed by atoms with van der Waals surface area (Å²) in [4.78, 5) is 0. The molecule has 3 atom stereocenters. The van der Waals surface area contributed by atoms with Gasteiger partial charge in [0.1, 0.15) is 0 Å². The van der Waals surface area contributed by atoms with Crippen LogP contribution in [0.4, 0.5) is 0 Å². The van der Waals surface area contributed by atoms with E-state index in [-0.39, 0.29) is 0 Å². The minimum absolute atomic E-state index is 0.507. The lowest BCUT2D eigenvalue weighted by Crippen LogP contribution is -2.39. The van der Waals surface area contributed by atoms with E-state index < -0.39 is 0 Å². The lowest BCUT2D eigenvalue weighted by Gasteiger charge is -2.49. The van der Waals surface area contributed by atoms with Crippen molar-refractivity contribution in [2.45, 2.75) is 72.6 Å². The van der Waals surface area contributed by atoms with Gasteiger partial charge in [-0.25, -0.2) is 0 Å². The Labute approximate surface area is 138 Å². The van der Waals surface area contributed by atoms with Crippen LogP contribution in [-0.2, 0) is 0 Å². The number of rotatable bonds is 3. The SMILES string of the molecule is CC.CCCC[C@@H]1[C@H]2C=Cc3ccccc3[C@@H]2CCC1(C)C. The van der Waals surface area contributed by atoms with Gasteiger partial charge in [0.15, 0.2) is 0 Å². The smallest absolute Gasteiger partial charge is 0.00899 e. The van der Waals surface area contributed by atoms with E-state index in [9.17, 15) is 0 Å². The van der Waals surface area contributed by atoms with Crippen LogP contribution in [0.15, 0.2) is 30.3 Å². The summed E-state index contributed by atoms with van der Waals surface area (Å²) in [6, 6.07) is 9.04. The molecule has 122 valence electrons. The molecule has 0 spiro atoms. The van der Waals surface area contributed by atoms with Crippen molar-refractivity contribution < 1.29 is 0 Å². The Hall–Kier alpha value is -1.04. The average molecular weight is 299 g/mol. The largest absolute Gasteiger partial charge is 0.0799 e. The van der Waals surface area contributed by atoms with Gasteiger partial charge >= 0.3 is 0 Å². The fourth-order valence-corrected chi connectivity index (χ4v) is 4.56. The molecule has 0 bridgehead atoms. The van der Waals surface area contributed by atoms with E-state index in [0.717, 1.165) is 17.8 Å². The third-order valence-electron chi connectivity index (χ3n) is 5.79. The van der Waals surface area contributed by atoms with Crippen LogP contribution in [0.3, 0.4) is 0 Å². The third-order valence-corrected chi connectivity index (χ3v) is 5.79. The number of allylic oxidation sites excluding steroid dienone is 1. The Bertz CT molecular complexity index is 495. The zero-order valence-electron chi connectivity index (χ0n) is 15.2. The first-order valence-electron chi connectivity index (χ1n) is 9.40. The third kappa shape index (κ3) is 3.31. The molecule has 0 heteroatoms. The van der Waals surface area contributed by atoms with Crippen molar-refractivity contribution in [2.24, 2.45) is 17.3 Å². The summed E-state index contributed by atoms with van der Waals surface area (Å²) < 4.78 is 0. The van der Waals surface area contributed by atoms with E-state index in [4.69, 9.17) is 0 Å². The maximum absolute atomic E-state index is 2.54.